The Morgan fingerprint density at radius 2 is 1.44 bits per heavy atom. The number of rotatable bonds is 11. The van der Waals surface area contributed by atoms with Crippen LogP contribution in [0.3, 0.4) is 0 Å². The molecule has 2 amide bonds. The number of hydrogen-bond acceptors (Lipinski definition) is 5. The quantitative estimate of drug-likeness (QED) is 0.229. The van der Waals surface area contributed by atoms with Gasteiger partial charge in [-0.1, -0.05) is 72.3 Å². The number of halogens is 1. The van der Waals surface area contributed by atoms with Crippen LogP contribution in [0.25, 0.3) is 10.8 Å². The number of nitrogens with two attached hydrogens (primary N) is 1. The molecule has 3 atom stereocenters. The van der Waals surface area contributed by atoms with E-state index in [0.717, 1.165) is 21.9 Å². The summed E-state index contributed by atoms with van der Waals surface area (Å²) in [4.78, 5) is 42.4. The third-order valence-corrected chi connectivity index (χ3v) is 6.62. The van der Waals surface area contributed by atoms with E-state index in [2.05, 4.69) is 15.6 Å². The van der Waals surface area contributed by atoms with Gasteiger partial charge in [0, 0.05) is 30.3 Å². The fraction of sp³-hybridized carbons (Fsp3) is 0.200. The van der Waals surface area contributed by atoms with Crippen molar-refractivity contribution in [2.75, 3.05) is 0 Å². The number of pyridine rings is 1. The van der Waals surface area contributed by atoms with Crippen LogP contribution < -0.4 is 16.4 Å². The number of carbonyl (C=O) groups is 3. The number of nitrogens with one attached hydrogen (secondary N) is 2. The number of carboxylic acid groups (broad SMARTS) is 1. The third-order valence-electron chi connectivity index (χ3n) is 6.37. The number of carboxylic acids is 1. The standard InChI is InChI=1S/C30H29ClN4O4/c31-24-11-8-19(9-12-24)16-26(29(37)35-27(30(38)39)17-21-4-3-13-33-18-21)34-28(36)25(32)15-20-7-10-22-5-1-2-6-23(22)14-20/h1-14,18,25-27H,15-17,32H2,(H,34,36)(H,35,37)(H,38,39)/t25-,26-,27-/m1/s1. The average molecular weight is 545 g/mol. The van der Waals surface area contributed by atoms with E-state index in [-0.39, 0.29) is 19.3 Å². The summed E-state index contributed by atoms with van der Waals surface area (Å²) in [5, 5.41) is 17.7. The lowest BCUT2D eigenvalue weighted by Gasteiger charge is -2.23. The van der Waals surface area contributed by atoms with Crippen molar-refractivity contribution in [3.63, 3.8) is 0 Å². The Labute approximate surface area is 231 Å². The molecule has 0 saturated carbocycles. The fourth-order valence-electron chi connectivity index (χ4n) is 4.28. The smallest absolute Gasteiger partial charge is 0.326 e. The molecule has 0 spiro atoms. The molecular weight excluding hydrogens is 516 g/mol. The van der Waals surface area contributed by atoms with Crippen LogP contribution in [-0.4, -0.2) is 46.0 Å². The van der Waals surface area contributed by atoms with E-state index < -0.39 is 35.9 Å². The van der Waals surface area contributed by atoms with Gasteiger partial charge in [0.1, 0.15) is 12.1 Å². The van der Waals surface area contributed by atoms with Gasteiger partial charge in [-0.15, -0.1) is 0 Å². The van der Waals surface area contributed by atoms with Crippen molar-refractivity contribution in [2.45, 2.75) is 37.4 Å². The van der Waals surface area contributed by atoms with Crippen molar-refractivity contribution in [1.82, 2.24) is 15.6 Å². The summed E-state index contributed by atoms with van der Waals surface area (Å²) in [6.07, 6.45) is 3.55. The summed E-state index contributed by atoms with van der Waals surface area (Å²) in [7, 11) is 0. The molecule has 0 aliphatic carbocycles. The van der Waals surface area contributed by atoms with Crippen molar-refractivity contribution in [1.29, 1.82) is 0 Å². The molecule has 1 heterocycles. The van der Waals surface area contributed by atoms with E-state index in [0.29, 0.717) is 10.6 Å². The highest BCUT2D eigenvalue weighted by atomic mass is 35.5. The van der Waals surface area contributed by atoms with Gasteiger partial charge in [-0.05, 0) is 52.1 Å². The molecule has 0 aliphatic heterocycles. The molecular formula is C30H29ClN4O4. The molecule has 0 saturated heterocycles. The van der Waals surface area contributed by atoms with E-state index in [4.69, 9.17) is 17.3 Å². The summed E-state index contributed by atoms with van der Waals surface area (Å²) in [6.45, 7) is 0. The molecule has 3 aromatic carbocycles. The molecule has 0 aliphatic rings. The molecule has 4 rings (SSSR count). The average Bonchev–Trinajstić information content (AvgIpc) is 2.93. The molecule has 4 aromatic rings. The van der Waals surface area contributed by atoms with Gasteiger partial charge >= 0.3 is 5.97 Å². The largest absolute Gasteiger partial charge is 0.480 e. The van der Waals surface area contributed by atoms with Gasteiger partial charge in [0.05, 0.1) is 6.04 Å². The lowest BCUT2D eigenvalue weighted by atomic mass is 10.0. The first-order chi connectivity index (χ1) is 18.8. The van der Waals surface area contributed by atoms with E-state index in [1.165, 1.54) is 0 Å². The number of aliphatic carboxylic acids is 1. The number of fused-ring (bicyclic) bond motifs is 1. The molecule has 1 aromatic heterocycles. The number of benzene rings is 3. The van der Waals surface area contributed by atoms with Gasteiger partial charge in [0.2, 0.25) is 11.8 Å². The maximum absolute atomic E-state index is 13.3. The van der Waals surface area contributed by atoms with E-state index >= 15 is 0 Å². The lowest BCUT2D eigenvalue weighted by Crippen LogP contribution is -2.55. The SMILES string of the molecule is N[C@H](Cc1ccc2ccccc2c1)C(=O)N[C@H](Cc1ccc(Cl)cc1)C(=O)N[C@H](Cc1cccnc1)C(=O)O. The first kappa shape index (κ1) is 27.8. The maximum atomic E-state index is 13.3. The third kappa shape index (κ3) is 7.86. The highest BCUT2D eigenvalue weighted by molar-refractivity contribution is 6.30. The van der Waals surface area contributed by atoms with Gasteiger partial charge in [0.15, 0.2) is 0 Å². The van der Waals surface area contributed by atoms with E-state index in [9.17, 15) is 19.5 Å². The normalized spacial score (nSPS) is 13.3. The molecule has 200 valence electrons. The topological polar surface area (TPSA) is 134 Å². The minimum atomic E-state index is -1.21. The van der Waals surface area contributed by atoms with Crippen LogP contribution in [0, 0.1) is 0 Å². The Morgan fingerprint density at radius 1 is 0.769 bits per heavy atom. The fourth-order valence-corrected chi connectivity index (χ4v) is 4.41. The lowest BCUT2D eigenvalue weighted by molar-refractivity contribution is -0.142. The van der Waals surface area contributed by atoms with Crippen molar-refractivity contribution < 1.29 is 19.5 Å². The van der Waals surface area contributed by atoms with E-state index in [1.807, 2.05) is 42.5 Å². The highest BCUT2D eigenvalue weighted by Crippen LogP contribution is 2.17. The van der Waals surface area contributed by atoms with Gasteiger partial charge in [-0.25, -0.2) is 4.79 Å². The summed E-state index contributed by atoms with van der Waals surface area (Å²) < 4.78 is 0. The highest BCUT2D eigenvalue weighted by Gasteiger charge is 2.28. The van der Waals surface area contributed by atoms with Crippen LogP contribution >= 0.6 is 11.6 Å². The van der Waals surface area contributed by atoms with Crippen molar-refractivity contribution in [3.05, 3.63) is 113 Å². The second kappa shape index (κ2) is 13.0. The summed E-state index contributed by atoms with van der Waals surface area (Å²) in [5.41, 5.74) is 8.52. The van der Waals surface area contributed by atoms with Gasteiger partial charge in [-0.3, -0.25) is 14.6 Å². The molecule has 39 heavy (non-hydrogen) atoms. The number of nitrogens with zero attached hydrogens (tertiary/aromatic N) is 1. The minimum absolute atomic E-state index is 0.0397. The van der Waals surface area contributed by atoms with Crippen molar-refractivity contribution in [2.24, 2.45) is 5.73 Å². The molecule has 5 N–H and O–H groups in total. The Kier molecular flexibility index (Phi) is 9.25. The molecule has 0 unspecified atom stereocenters. The van der Waals surface area contributed by atoms with Gasteiger partial charge in [-0.2, -0.15) is 0 Å². The number of amides is 2. The van der Waals surface area contributed by atoms with Crippen LogP contribution in [0.2, 0.25) is 5.02 Å². The van der Waals surface area contributed by atoms with Gasteiger partial charge in [0.25, 0.3) is 0 Å². The number of carbonyl (C=O) groups excluding carboxylic acids is 2. The van der Waals surface area contributed by atoms with Crippen LogP contribution in [0.15, 0.2) is 91.3 Å². The summed E-state index contributed by atoms with van der Waals surface area (Å²) in [6, 6.07) is 20.9. The predicted molar refractivity (Wildman–Crippen MR) is 150 cm³/mol. The molecule has 0 bridgehead atoms. The first-order valence-corrected chi connectivity index (χ1v) is 12.9. The number of aromatic nitrogens is 1. The van der Waals surface area contributed by atoms with Gasteiger partial charge < -0.3 is 21.5 Å². The number of hydrogen-bond donors (Lipinski definition) is 4. The second-order valence-corrected chi connectivity index (χ2v) is 9.79. The Morgan fingerprint density at radius 3 is 2.13 bits per heavy atom. The molecule has 8 nitrogen and oxygen atoms in total. The molecule has 0 fully saturated rings. The van der Waals surface area contributed by atoms with Crippen LogP contribution in [0.4, 0.5) is 0 Å². The second-order valence-electron chi connectivity index (χ2n) is 9.35. The van der Waals surface area contributed by atoms with Crippen molar-refractivity contribution in [3.8, 4) is 0 Å². The molecule has 0 radical (unpaired) electrons. The Hall–Kier alpha value is -4.27. The summed E-state index contributed by atoms with van der Waals surface area (Å²) in [5.74, 6) is -2.35. The minimum Gasteiger partial charge on any atom is -0.480 e. The maximum Gasteiger partial charge on any atom is 0.326 e. The van der Waals surface area contributed by atoms with Crippen LogP contribution in [0.1, 0.15) is 16.7 Å². The first-order valence-electron chi connectivity index (χ1n) is 12.5. The molecule has 9 heteroatoms. The zero-order valence-corrected chi connectivity index (χ0v) is 21.8. The van der Waals surface area contributed by atoms with Crippen LogP contribution in [-0.2, 0) is 33.6 Å². The Balaban J connectivity index is 1.48. The van der Waals surface area contributed by atoms with E-state index in [1.54, 1.807) is 48.8 Å². The van der Waals surface area contributed by atoms with Crippen molar-refractivity contribution >= 4 is 40.2 Å². The zero-order valence-electron chi connectivity index (χ0n) is 21.1. The zero-order chi connectivity index (χ0) is 27.8. The summed E-state index contributed by atoms with van der Waals surface area (Å²) >= 11 is 5.99. The van der Waals surface area contributed by atoms with Crippen LogP contribution in [0.5, 0.6) is 0 Å². The predicted octanol–water partition coefficient (Wildman–Crippen LogP) is 3.30. The Bertz CT molecular complexity index is 1450. The monoisotopic (exact) mass is 544 g/mol.